The van der Waals surface area contributed by atoms with E-state index in [0.717, 1.165) is 49.3 Å². The fourth-order valence-corrected chi connectivity index (χ4v) is 4.26. The van der Waals surface area contributed by atoms with Gasteiger partial charge in [0.1, 0.15) is 11.5 Å². The van der Waals surface area contributed by atoms with Gasteiger partial charge in [0.2, 0.25) is 0 Å². The zero-order chi connectivity index (χ0) is 22.8. The van der Waals surface area contributed by atoms with Crippen LogP contribution in [-0.4, -0.2) is 32.5 Å². The maximum Gasteiger partial charge on any atom is 0.252 e. The fraction of sp³-hybridized carbons (Fsp3) is 0.435. The summed E-state index contributed by atoms with van der Waals surface area (Å²) in [5, 5.41) is 7.18. The van der Waals surface area contributed by atoms with Crippen molar-refractivity contribution in [2.24, 2.45) is 17.4 Å². The number of halogens is 1. The van der Waals surface area contributed by atoms with Gasteiger partial charge in [-0.05, 0) is 37.0 Å². The molecule has 1 unspecified atom stereocenters. The third-order valence-corrected chi connectivity index (χ3v) is 5.86. The molecule has 32 heavy (non-hydrogen) atoms. The number of nitrogens with zero attached hydrogens (tertiary/aromatic N) is 3. The highest BCUT2D eigenvalue weighted by Gasteiger charge is 2.24. The van der Waals surface area contributed by atoms with E-state index in [1.54, 1.807) is 12.3 Å². The predicted octanol–water partition coefficient (Wildman–Crippen LogP) is 3.75. The van der Waals surface area contributed by atoms with Crippen molar-refractivity contribution in [1.82, 2.24) is 14.5 Å². The Kier molecular flexibility index (Phi) is 6.27. The highest BCUT2D eigenvalue weighted by Crippen LogP contribution is 2.30. The van der Waals surface area contributed by atoms with Gasteiger partial charge in [-0.1, -0.05) is 26.7 Å². The molecule has 3 aromatic heterocycles. The molecule has 1 saturated carbocycles. The van der Waals surface area contributed by atoms with E-state index in [4.69, 9.17) is 11.5 Å². The molecule has 8 nitrogen and oxygen atoms in total. The van der Waals surface area contributed by atoms with Gasteiger partial charge in [0, 0.05) is 36.4 Å². The average molecular weight is 440 g/mol. The summed E-state index contributed by atoms with van der Waals surface area (Å²) in [7, 11) is 0. The first kappa shape index (κ1) is 22.0. The third kappa shape index (κ3) is 4.52. The number of nitrogens with two attached hydrogens (primary N) is 2. The van der Waals surface area contributed by atoms with Crippen LogP contribution in [0.1, 0.15) is 49.9 Å². The van der Waals surface area contributed by atoms with Gasteiger partial charge in [0.05, 0.1) is 11.3 Å². The van der Waals surface area contributed by atoms with Crippen LogP contribution in [0.5, 0.6) is 0 Å². The van der Waals surface area contributed by atoms with Gasteiger partial charge in [-0.25, -0.2) is 14.4 Å². The van der Waals surface area contributed by atoms with Gasteiger partial charge in [-0.15, -0.1) is 0 Å². The van der Waals surface area contributed by atoms with Gasteiger partial charge in [0.15, 0.2) is 11.6 Å². The number of carbonyl (C=O) groups is 1. The Hall–Kier alpha value is -3.20. The van der Waals surface area contributed by atoms with Crippen molar-refractivity contribution in [2.75, 3.05) is 10.6 Å². The number of anilines is 3. The molecule has 0 aliphatic heterocycles. The molecule has 6 N–H and O–H groups in total. The Balaban J connectivity index is 1.69. The van der Waals surface area contributed by atoms with E-state index in [1.807, 2.05) is 12.3 Å². The van der Waals surface area contributed by atoms with E-state index in [-0.39, 0.29) is 29.3 Å². The SMILES string of the molecule is CC(C)Cn1ccc2c(Nc3nc(NC4CCCC[C@@H]4N)c(F)cc3C(N)=O)ccnc21. The first-order valence-electron chi connectivity index (χ1n) is 11.1. The number of amides is 1. The standard InChI is InChI=1S/C23H30FN7O/c1-13(2)12-31-10-8-14-18(7-9-27-23(14)31)28-21-15(20(26)32)11-16(24)22(30-21)29-19-6-4-3-5-17(19)25/h7-11,13,17,19H,3-6,12,25H2,1-2H3,(H2,26,32)(H2,27,28,29,30)/t17-,19?/m0/s1. The maximum absolute atomic E-state index is 14.8. The van der Waals surface area contributed by atoms with E-state index < -0.39 is 11.7 Å². The summed E-state index contributed by atoms with van der Waals surface area (Å²) in [5.74, 6) is -0.686. The minimum atomic E-state index is -0.762. The van der Waals surface area contributed by atoms with Crippen LogP contribution >= 0.6 is 0 Å². The maximum atomic E-state index is 14.8. The number of pyridine rings is 2. The Bertz CT molecular complexity index is 1130. The number of nitrogens with one attached hydrogen (secondary N) is 2. The number of fused-ring (bicyclic) bond motifs is 1. The van der Waals surface area contributed by atoms with Crippen LogP contribution < -0.4 is 22.1 Å². The van der Waals surface area contributed by atoms with Gasteiger partial charge < -0.3 is 26.7 Å². The first-order valence-corrected chi connectivity index (χ1v) is 11.1. The van der Waals surface area contributed by atoms with Crippen molar-refractivity contribution in [3.8, 4) is 0 Å². The van der Waals surface area contributed by atoms with Crippen molar-refractivity contribution in [3.63, 3.8) is 0 Å². The first-order chi connectivity index (χ1) is 15.3. The largest absolute Gasteiger partial charge is 0.365 e. The smallest absolute Gasteiger partial charge is 0.252 e. The van der Waals surface area contributed by atoms with Crippen LogP contribution in [0.2, 0.25) is 0 Å². The number of hydrogen-bond acceptors (Lipinski definition) is 6. The highest BCUT2D eigenvalue weighted by atomic mass is 19.1. The number of primary amides is 1. The number of carbonyl (C=O) groups excluding carboxylic acids is 1. The molecule has 0 radical (unpaired) electrons. The van der Waals surface area contributed by atoms with Crippen molar-refractivity contribution >= 4 is 34.3 Å². The minimum Gasteiger partial charge on any atom is -0.365 e. The van der Waals surface area contributed by atoms with Crippen LogP contribution in [0, 0.1) is 11.7 Å². The lowest BCUT2D eigenvalue weighted by atomic mass is 9.91. The molecule has 0 spiro atoms. The topological polar surface area (TPSA) is 124 Å². The lowest BCUT2D eigenvalue weighted by molar-refractivity contribution is 0.100. The quantitative estimate of drug-likeness (QED) is 0.444. The van der Waals surface area contributed by atoms with Crippen LogP contribution in [-0.2, 0) is 6.54 Å². The molecule has 9 heteroatoms. The van der Waals surface area contributed by atoms with Crippen LogP contribution in [0.3, 0.4) is 0 Å². The summed E-state index contributed by atoms with van der Waals surface area (Å²) in [4.78, 5) is 20.9. The Morgan fingerprint density at radius 3 is 2.78 bits per heavy atom. The molecule has 1 fully saturated rings. The summed E-state index contributed by atoms with van der Waals surface area (Å²) in [6.07, 6.45) is 7.49. The molecular formula is C23H30FN7O. The average Bonchev–Trinajstić information content (AvgIpc) is 3.15. The summed E-state index contributed by atoms with van der Waals surface area (Å²) >= 11 is 0. The Morgan fingerprint density at radius 2 is 2.06 bits per heavy atom. The molecule has 170 valence electrons. The Labute approximate surface area is 186 Å². The van der Waals surface area contributed by atoms with Gasteiger partial charge in [-0.2, -0.15) is 0 Å². The molecule has 0 aromatic carbocycles. The fourth-order valence-electron chi connectivity index (χ4n) is 4.26. The van der Waals surface area contributed by atoms with Gasteiger partial charge in [0.25, 0.3) is 5.91 Å². The molecule has 3 heterocycles. The van der Waals surface area contributed by atoms with Crippen molar-refractivity contribution < 1.29 is 9.18 Å². The molecule has 1 aliphatic carbocycles. The minimum absolute atomic E-state index is 0.0208. The molecular weight excluding hydrogens is 409 g/mol. The zero-order valence-corrected chi connectivity index (χ0v) is 18.4. The number of aromatic nitrogens is 3. The van der Waals surface area contributed by atoms with Crippen molar-refractivity contribution in [1.29, 1.82) is 0 Å². The van der Waals surface area contributed by atoms with Crippen LogP contribution in [0.25, 0.3) is 11.0 Å². The third-order valence-electron chi connectivity index (χ3n) is 5.86. The van der Waals surface area contributed by atoms with Crippen molar-refractivity contribution in [3.05, 3.63) is 42.0 Å². The second-order valence-corrected chi connectivity index (χ2v) is 8.86. The molecule has 0 bridgehead atoms. The molecule has 3 aromatic rings. The van der Waals surface area contributed by atoms with E-state index in [2.05, 4.69) is 39.0 Å². The second kappa shape index (κ2) is 9.12. The van der Waals surface area contributed by atoms with Gasteiger partial charge in [-0.3, -0.25) is 4.79 Å². The highest BCUT2D eigenvalue weighted by molar-refractivity contribution is 6.00. The summed E-state index contributed by atoms with van der Waals surface area (Å²) in [6, 6.07) is 4.73. The summed E-state index contributed by atoms with van der Waals surface area (Å²) < 4.78 is 16.9. The molecule has 1 amide bonds. The van der Waals surface area contributed by atoms with Crippen LogP contribution in [0.15, 0.2) is 30.6 Å². The Morgan fingerprint density at radius 1 is 1.28 bits per heavy atom. The normalized spacial score (nSPS) is 18.8. The van der Waals surface area contributed by atoms with Crippen LogP contribution in [0.4, 0.5) is 21.7 Å². The number of rotatable bonds is 7. The van der Waals surface area contributed by atoms with E-state index in [1.165, 1.54) is 0 Å². The summed E-state index contributed by atoms with van der Waals surface area (Å²) in [6.45, 7) is 5.11. The van der Waals surface area contributed by atoms with E-state index >= 15 is 0 Å². The monoisotopic (exact) mass is 439 g/mol. The predicted molar refractivity (Wildman–Crippen MR) is 124 cm³/mol. The van der Waals surface area contributed by atoms with E-state index in [9.17, 15) is 9.18 Å². The molecule has 0 saturated heterocycles. The summed E-state index contributed by atoms with van der Waals surface area (Å²) in [5.41, 5.74) is 13.2. The van der Waals surface area contributed by atoms with E-state index in [0.29, 0.717) is 11.6 Å². The lowest BCUT2D eigenvalue weighted by Crippen LogP contribution is -2.43. The zero-order valence-electron chi connectivity index (χ0n) is 18.4. The second-order valence-electron chi connectivity index (χ2n) is 8.86. The van der Waals surface area contributed by atoms with Crippen molar-refractivity contribution in [2.45, 2.75) is 58.2 Å². The molecule has 4 rings (SSSR count). The number of hydrogen-bond donors (Lipinski definition) is 4. The molecule has 2 atom stereocenters. The van der Waals surface area contributed by atoms with Gasteiger partial charge >= 0.3 is 0 Å². The molecule has 1 aliphatic rings. The lowest BCUT2D eigenvalue weighted by Gasteiger charge is -2.30.